The minimum Gasteiger partial charge on any atom is -0.326 e. The number of aryl methyl sites for hydroxylation is 1. The van der Waals surface area contributed by atoms with E-state index in [-0.39, 0.29) is 17.5 Å². The number of hydrogen-bond acceptors (Lipinski definition) is 4. The quantitative estimate of drug-likeness (QED) is 0.668. The van der Waals surface area contributed by atoms with E-state index in [0.717, 1.165) is 0 Å². The average Bonchev–Trinajstić information content (AvgIpc) is 2.46. The van der Waals surface area contributed by atoms with Crippen molar-refractivity contribution in [2.45, 2.75) is 13.8 Å². The van der Waals surface area contributed by atoms with Crippen LogP contribution in [0.2, 0.25) is 0 Å². The zero-order chi connectivity index (χ0) is 17.0. The molecule has 0 atom stereocenters. The van der Waals surface area contributed by atoms with Crippen LogP contribution in [-0.2, 0) is 4.79 Å². The fraction of sp³-hybridized carbons (Fsp3) is 0.125. The maximum absolute atomic E-state index is 12.2. The summed E-state index contributed by atoms with van der Waals surface area (Å²) in [6.07, 6.45) is 0. The molecule has 0 saturated heterocycles. The standard InChI is InChI=1S/C16H15N3O4/c1-10-8-14(6-7-15(10)19(22)23)18-16(21)12-4-3-5-13(9-12)17-11(2)20/h3-9H,1-2H3,(H,17,20)(H,18,21). The molecule has 2 aromatic carbocycles. The van der Waals surface area contributed by atoms with Crippen molar-refractivity contribution in [3.8, 4) is 0 Å². The highest BCUT2D eigenvalue weighted by molar-refractivity contribution is 6.05. The van der Waals surface area contributed by atoms with Crippen LogP contribution in [0.1, 0.15) is 22.8 Å². The number of nitro groups is 1. The van der Waals surface area contributed by atoms with E-state index in [1.54, 1.807) is 31.2 Å². The molecule has 0 aromatic heterocycles. The Morgan fingerprint density at radius 1 is 1.04 bits per heavy atom. The zero-order valence-corrected chi connectivity index (χ0v) is 12.6. The van der Waals surface area contributed by atoms with E-state index in [0.29, 0.717) is 22.5 Å². The second-order valence-corrected chi connectivity index (χ2v) is 4.97. The van der Waals surface area contributed by atoms with E-state index >= 15 is 0 Å². The average molecular weight is 313 g/mol. The third-order valence-corrected chi connectivity index (χ3v) is 3.10. The highest BCUT2D eigenvalue weighted by Gasteiger charge is 2.12. The van der Waals surface area contributed by atoms with Crippen molar-refractivity contribution in [2.24, 2.45) is 0 Å². The van der Waals surface area contributed by atoms with E-state index in [2.05, 4.69) is 10.6 Å². The largest absolute Gasteiger partial charge is 0.326 e. The van der Waals surface area contributed by atoms with Gasteiger partial charge in [-0.3, -0.25) is 19.7 Å². The van der Waals surface area contributed by atoms with Gasteiger partial charge >= 0.3 is 0 Å². The van der Waals surface area contributed by atoms with Crippen LogP contribution in [0, 0.1) is 17.0 Å². The van der Waals surface area contributed by atoms with Crippen LogP contribution < -0.4 is 10.6 Å². The van der Waals surface area contributed by atoms with Gasteiger partial charge in [0.15, 0.2) is 0 Å². The highest BCUT2D eigenvalue weighted by atomic mass is 16.6. The molecule has 0 aliphatic rings. The molecule has 0 spiro atoms. The Morgan fingerprint density at radius 2 is 1.74 bits per heavy atom. The number of nitro benzene ring substituents is 1. The molecule has 0 radical (unpaired) electrons. The maximum Gasteiger partial charge on any atom is 0.272 e. The maximum atomic E-state index is 12.2. The first-order valence-corrected chi connectivity index (χ1v) is 6.81. The second kappa shape index (κ2) is 6.69. The van der Waals surface area contributed by atoms with Crippen molar-refractivity contribution in [1.29, 1.82) is 0 Å². The lowest BCUT2D eigenvalue weighted by Crippen LogP contribution is -2.13. The Bertz CT molecular complexity index is 787. The molecule has 0 bridgehead atoms. The first kappa shape index (κ1) is 16.2. The van der Waals surface area contributed by atoms with Crippen molar-refractivity contribution in [2.75, 3.05) is 10.6 Å². The molecule has 0 aliphatic carbocycles. The Hall–Kier alpha value is -3.22. The van der Waals surface area contributed by atoms with E-state index in [1.165, 1.54) is 25.1 Å². The molecule has 2 rings (SSSR count). The first-order valence-electron chi connectivity index (χ1n) is 6.81. The molecule has 0 saturated carbocycles. The van der Waals surface area contributed by atoms with Gasteiger partial charge < -0.3 is 10.6 Å². The molecule has 23 heavy (non-hydrogen) atoms. The molecule has 0 fully saturated rings. The van der Waals surface area contributed by atoms with E-state index in [4.69, 9.17) is 0 Å². The zero-order valence-electron chi connectivity index (χ0n) is 12.6. The Morgan fingerprint density at radius 3 is 2.35 bits per heavy atom. The van der Waals surface area contributed by atoms with Crippen LogP contribution in [0.5, 0.6) is 0 Å². The lowest BCUT2D eigenvalue weighted by Gasteiger charge is -2.08. The van der Waals surface area contributed by atoms with Gasteiger partial charge in [-0.1, -0.05) is 6.07 Å². The van der Waals surface area contributed by atoms with Crippen molar-refractivity contribution in [1.82, 2.24) is 0 Å². The molecule has 2 aromatic rings. The summed E-state index contributed by atoms with van der Waals surface area (Å²) in [6, 6.07) is 10.8. The number of carbonyl (C=O) groups is 2. The molecule has 0 heterocycles. The molecule has 0 unspecified atom stereocenters. The van der Waals surface area contributed by atoms with Gasteiger partial charge in [-0.2, -0.15) is 0 Å². The van der Waals surface area contributed by atoms with Crippen LogP contribution in [0.3, 0.4) is 0 Å². The second-order valence-electron chi connectivity index (χ2n) is 4.97. The molecule has 7 nitrogen and oxygen atoms in total. The lowest BCUT2D eigenvalue weighted by molar-refractivity contribution is -0.385. The predicted octanol–water partition coefficient (Wildman–Crippen LogP) is 3.11. The van der Waals surface area contributed by atoms with Gasteiger partial charge in [0.2, 0.25) is 5.91 Å². The minimum absolute atomic E-state index is 0.00402. The van der Waals surface area contributed by atoms with Gasteiger partial charge in [-0.15, -0.1) is 0 Å². The third kappa shape index (κ3) is 4.13. The van der Waals surface area contributed by atoms with Gasteiger partial charge in [0.25, 0.3) is 11.6 Å². The molecule has 2 N–H and O–H groups in total. The Kier molecular flexibility index (Phi) is 4.70. The lowest BCUT2D eigenvalue weighted by atomic mass is 10.1. The number of hydrogen-bond donors (Lipinski definition) is 2. The molecule has 2 amide bonds. The Labute approximate surface area is 132 Å². The first-order chi connectivity index (χ1) is 10.9. The third-order valence-electron chi connectivity index (χ3n) is 3.10. The summed E-state index contributed by atoms with van der Waals surface area (Å²) in [5.41, 5.74) is 1.80. The van der Waals surface area contributed by atoms with Crippen LogP contribution >= 0.6 is 0 Å². The molecular weight excluding hydrogens is 298 g/mol. The summed E-state index contributed by atoms with van der Waals surface area (Å²) in [4.78, 5) is 33.6. The van der Waals surface area contributed by atoms with Gasteiger partial charge in [0.1, 0.15) is 0 Å². The summed E-state index contributed by atoms with van der Waals surface area (Å²) < 4.78 is 0. The summed E-state index contributed by atoms with van der Waals surface area (Å²) in [5, 5.41) is 16.1. The topological polar surface area (TPSA) is 101 Å². The Balaban J connectivity index is 2.17. The number of rotatable bonds is 4. The predicted molar refractivity (Wildman–Crippen MR) is 86.5 cm³/mol. The number of carbonyl (C=O) groups excluding carboxylic acids is 2. The normalized spacial score (nSPS) is 10.0. The van der Waals surface area contributed by atoms with E-state index in [9.17, 15) is 19.7 Å². The van der Waals surface area contributed by atoms with Crippen molar-refractivity contribution in [3.63, 3.8) is 0 Å². The summed E-state index contributed by atoms with van der Waals surface area (Å²) in [7, 11) is 0. The highest BCUT2D eigenvalue weighted by Crippen LogP contribution is 2.22. The summed E-state index contributed by atoms with van der Waals surface area (Å²) >= 11 is 0. The molecular formula is C16H15N3O4. The smallest absolute Gasteiger partial charge is 0.272 e. The minimum atomic E-state index is -0.474. The fourth-order valence-electron chi connectivity index (χ4n) is 2.08. The molecule has 118 valence electrons. The molecule has 7 heteroatoms. The van der Waals surface area contributed by atoms with Crippen LogP contribution in [0.4, 0.5) is 17.1 Å². The monoisotopic (exact) mass is 313 g/mol. The summed E-state index contributed by atoms with van der Waals surface area (Å²) in [5.74, 6) is -0.598. The molecule has 0 aliphatic heterocycles. The van der Waals surface area contributed by atoms with Gasteiger partial charge in [-0.05, 0) is 37.3 Å². The SMILES string of the molecule is CC(=O)Nc1cccc(C(=O)Nc2ccc([N+](=O)[O-])c(C)c2)c1. The number of benzene rings is 2. The van der Waals surface area contributed by atoms with Gasteiger partial charge in [0.05, 0.1) is 4.92 Å². The van der Waals surface area contributed by atoms with Crippen LogP contribution in [0.15, 0.2) is 42.5 Å². The van der Waals surface area contributed by atoms with Crippen molar-refractivity contribution < 1.29 is 14.5 Å². The van der Waals surface area contributed by atoms with Gasteiger partial charge in [-0.25, -0.2) is 0 Å². The van der Waals surface area contributed by atoms with Crippen molar-refractivity contribution >= 4 is 28.9 Å². The number of amides is 2. The van der Waals surface area contributed by atoms with Gasteiger partial charge in [0, 0.05) is 35.5 Å². The van der Waals surface area contributed by atoms with Crippen LogP contribution in [0.25, 0.3) is 0 Å². The van der Waals surface area contributed by atoms with Crippen molar-refractivity contribution in [3.05, 3.63) is 63.7 Å². The van der Waals surface area contributed by atoms with Crippen LogP contribution in [-0.4, -0.2) is 16.7 Å². The fourth-order valence-corrected chi connectivity index (χ4v) is 2.08. The number of nitrogens with zero attached hydrogens (tertiary/aromatic N) is 1. The number of anilines is 2. The number of nitrogens with one attached hydrogen (secondary N) is 2. The van der Waals surface area contributed by atoms with E-state index < -0.39 is 4.92 Å². The summed E-state index contributed by atoms with van der Waals surface area (Å²) in [6.45, 7) is 2.98. The van der Waals surface area contributed by atoms with E-state index in [1.807, 2.05) is 0 Å².